The van der Waals surface area contributed by atoms with E-state index >= 15 is 0 Å². The van der Waals surface area contributed by atoms with Crippen LogP contribution in [0.15, 0.2) is 46.9 Å². The number of aromatic nitrogens is 2. The summed E-state index contributed by atoms with van der Waals surface area (Å²) in [4.78, 5) is 12.6. The van der Waals surface area contributed by atoms with E-state index in [9.17, 15) is 4.79 Å². The maximum atomic E-state index is 12.6. The predicted octanol–water partition coefficient (Wildman–Crippen LogP) is 5.09. The highest BCUT2D eigenvalue weighted by atomic mass is 79.9. The number of nitrogens with zero attached hydrogens (tertiary/aromatic N) is 2. The van der Waals surface area contributed by atoms with E-state index in [1.54, 1.807) is 13.2 Å². The van der Waals surface area contributed by atoms with E-state index in [1.165, 1.54) is 0 Å². The summed E-state index contributed by atoms with van der Waals surface area (Å²) >= 11 is 9.37. The second kappa shape index (κ2) is 8.15. The fourth-order valence-electron chi connectivity index (χ4n) is 2.90. The topological polar surface area (TPSA) is 56.1 Å². The zero-order valence-electron chi connectivity index (χ0n) is 15.2. The highest BCUT2D eigenvalue weighted by molar-refractivity contribution is 9.10. The minimum absolute atomic E-state index is 0.131. The van der Waals surface area contributed by atoms with E-state index in [-0.39, 0.29) is 12.3 Å². The first-order chi connectivity index (χ1) is 12.9. The number of ether oxygens (including phenoxy) is 1. The Morgan fingerprint density at radius 2 is 1.93 bits per heavy atom. The summed E-state index contributed by atoms with van der Waals surface area (Å²) in [6.45, 7) is 3.86. The van der Waals surface area contributed by atoms with Gasteiger partial charge in [0, 0.05) is 20.8 Å². The number of methoxy groups -OCH3 is 1. The lowest BCUT2D eigenvalue weighted by atomic mass is 10.1. The summed E-state index contributed by atoms with van der Waals surface area (Å²) in [6.07, 6.45) is 0.223. The number of carbonyl (C=O) groups is 1. The highest BCUT2D eigenvalue weighted by Gasteiger charge is 2.17. The molecular formula is C20H19BrClN3O2. The van der Waals surface area contributed by atoms with E-state index in [0.29, 0.717) is 16.5 Å². The van der Waals surface area contributed by atoms with Gasteiger partial charge in [-0.1, -0.05) is 27.5 Å². The molecule has 0 aliphatic carbocycles. The summed E-state index contributed by atoms with van der Waals surface area (Å²) in [5.74, 6) is 0.477. The third-order valence-electron chi connectivity index (χ3n) is 4.29. The SMILES string of the molecule is COc1ccc(Br)cc1NC(=O)Cc1c(C)nn(-c2ccc(Cl)cc2)c1C. The van der Waals surface area contributed by atoms with Gasteiger partial charge < -0.3 is 10.1 Å². The van der Waals surface area contributed by atoms with Crippen LogP contribution in [-0.2, 0) is 11.2 Å². The van der Waals surface area contributed by atoms with Crippen molar-refractivity contribution in [1.82, 2.24) is 9.78 Å². The van der Waals surface area contributed by atoms with Crippen LogP contribution in [0.4, 0.5) is 5.69 Å². The van der Waals surface area contributed by atoms with Crippen molar-refractivity contribution in [2.75, 3.05) is 12.4 Å². The fourth-order valence-corrected chi connectivity index (χ4v) is 3.38. The van der Waals surface area contributed by atoms with Gasteiger partial charge in [-0.05, 0) is 56.3 Å². The van der Waals surface area contributed by atoms with Crippen LogP contribution in [0, 0.1) is 13.8 Å². The van der Waals surface area contributed by atoms with Gasteiger partial charge in [-0.2, -0.15) is 5.10 Å². The normalized spacial score (nSPS) is 10.7. The number of hydrogen-bond acceptors (Lipinski definition) is 3. The Hall–Kier alpha value is -2.31. The van der Waals surface area contributed by atoms with Gasteiger partial charge in [0.25, 0.3) is 0 Å². The van der Waals surface area contributed by atoms with Crippen LogP contribution in [0.25, 0.3) is 5.69 Å². The van der Waals surface area contributed by atoms with Gasteiger partial charge in [-0.15, -0.1) is 0 Å². The molecule has 0 aliphatic heterocycles. The lowest BCUT2D eigenvalue weighted by molar-refractivity contribution is -0.115. The zero-order chi connectivity index (χ0) is 19.6. The van der Waals surface area contributed by atoms with Crippen molar-refractivity contribution in [2.45, 2.75) is 20.3 Å². The number of halogens is 2. The molecule has 1 heterocycles. The predicted molar refractivity (Wildman–Crippen MR) is 111 cm³/mol. The second-order valence-corrected chi connectivity index (χ2v) is 7.46. The van der Waals surface area contributed by atoms with Crippen molar-refractivity contribution in [2.24, 2.45) is 0 Å². The molecule has 7 heteroatoms. The van der Waals surface area contributed by atoms with Crippen molar-refractivity contribution >= 4 is 39.1 Å². The highest BCUT2D eigenvalue weighted by Crippen LogP contribution is 2.28. The molecule has 0 unspecified atom stereocenters. The van der Waals surface area contributed by atoms with Crippen LogP contribution in [0.1, 0.15) is 17.0 Å². The van der Waals surface area contributed by atoms with Crippen molar-refractivity contribution in [3.63, 3.8) is 0 Å². The van der Waals surface area contributed by atoms with E-state index in [2.05, 4.69) is 26.3 Å². The summed E-state index contributed by atoms with van der Waals surface area (Å²) in [5, 5.41) is 8.16. The molecule has 1 amide bonds. The number of aryl methyl sites for hydroxylation is 1. The molecule has 1 N–H and O–H groups in total. The van der Waals surface area contributed by atoms with Gasteiger partial charge in [-0.25, -0.2) is 4.68 Å². The minimum atomic E-state index is -0.131. The smallest absolute Gasteiger partial charge is 0.229 e. The number of hydrogen-bond donors (Lipinski definition) is 1. The van der Waals surface area contributed by atoms with Crippen molar-refractivity contribution in [3.8, 4) is 11.4 Å². The number of amides is 1. The minimum Gasteiger partial charge on any atom is -0.495 e. The molecular weight excluding hydrogens is 430 g/mol. The molecule has 0 radical (unpaired) electrons. The largest absolute Gasteiger partial charge is 0.495 e. The summed E-state index contributed by atoms with van der Waals surface area (Å²) < 4.78 is 8.00. The average Bonchev–Trinajstić information content (AvgIpc) is 2.91. The van der Waals surface area contributed by atoms with Crippen LogP contribution in [0.5, 0.6) is 5.75 Å². The first kappa shape index (κ1) is 19.5. The quantitative estimate of drug-likeness (QED) is 0.591. The first-order valence-corrected chi connectivity index (χ1v) is 9.50. The first-order valence-electron chi connectivity index (χ1n) is 8.33. The fraction of sp³-hybridized carbons (Fsp3) is 0.200. The molecule has 5 nitrogen and oxygen atoms in total. The van der Waals surface area contributed by atoms with E-state index in [0.717, 1.165) is 27.1 Å². The number of nitrogens with one attached hydrogen (secondary N) is 1. The molecule has 0 atom stereocenters. The lowest BCUT2D eigenvalue weighted by Gasteiger charge is -2.11. The van der Waals surface area contributed by atoms with Crippen LogP contribution in [-0.4, -0.2) is 22.8 Å². The summed E-state index contributed by atoms with van der Waals surface area (Å²) in [7, 11) is 1.57. The molecule has 3 aromatic rings. The van der Waals surface area contributed by atoms with E-state index in [4.69, 9.17) is 16.3 Å². The maximum absolute atomic E-state index is 12.6. The second-order valence-electron chi connectivity index (χ2n) is 6.11. The molecule has 2 aromatic carbocycles. The number of rotatable bonds is 5. The third-order valence-corrected chi connectivity index (χ3v) is 5.03. The molecule has 1 aromatic heterocycles. The standard InChI is InChI=1S/C20H19BrClN3O2/c1-12-17(13(2)25(24-12)16-7-5-15(22)6-8-16)11-20(26)23-18-10-14(21)4-9-19(18)27-3/h4-10H,11H2,1-3H3,(H,23,26). The number of benzene rings is 2. The van der Waals surface area contributed by atoms with Crippen LogP contribution >= 0.6 is 27.5 Å². The molecule has 0 bridgehead atoms. The monoisotopic (exact) mass is 447 g/mol. The molecule has 0 saturated carbocycles. The van der Waals surface area contributed by atoms with Gasteiger partial charge in [0.15, 0.2) is 0 Å². The molecule has 3 rings (SSSR count). The molecule has 27 heavy (non-hydrogen) atoms. The third kappa shape index (κ3) is 4.34. The number of anilines is 1. The van der Waals surface area contributed by atoms with Crippen LogP contribution in [0.3, 0.4) is 0 Å². The van der Waals surface area contributed by atoms with Gasteiger partial charge in [0.05, 0.1) is 30.6 Å². The zero-order valence-corrected chi connectivity index (χ0v) is 17.6. The molecule has 0 aliphatic rings. The molecule has 0 fully saturated rings. The van der Waals surface area contributed by atoms with Gasteiger partial charge in [0.2, 0.25) is 5.91 Å². The summed E-state index contributed by atoms with van der Waals surface area (Å²) in [5.41, 5.74) is 4.17. The Labute approximate surface area is 171 Å². The van der Waals surface area contributed by atoms with Gasteiger partial charge >= 0.3 is 0 Å². The van der Waals surface area contributed by atoms with E-state index < -0.39 is 0 Å². The number of carbonyl (C=O) groups excluding carboxylic acids is 1. The Morgan fingerprint density at radius 3 is 2.59 bits per heavy atom. The average molecular weight is 449 g/mol. The van der Waals surface area contributed by atoms with Crippen molar-refractivity contribution in [1.29, 1.82) is 0 Å². The van der Waals surface area contributed by atoms with E-state index in [1.807, 2.05) is 54.9 Å². The Bertz CT molecular complexity index is 984. The molecule has 0 saturated heterocycles. The Balaban J connectivity index is 1.83. The Kier molecular flexibility index (Phi) is 5.87. The van der Waals surface area contributed by atoms with Crippen molar-refractivity contribution in [3.05, 3.63) is 68.9 Å². The Morgan fingerprint density at radius 1 is 1.22 bits per heavy atom. The maximum Gasteiger partial charge on any atom is 0.229 e. The molecule has 0 spiro atoms. The lowest BCUT2D eigenvalue weighted by Crippen LogP contribution is -2.16. The van der Waals surface area contributed by atoms with Crippen LogP contribution < -0.4 is 10.1 Å². The van der Waals surface area contributed by atoms with Crippen molar-refractivity contribution < 1.29 is 9.53 Å². The molecule has 140 valence electrons. The van der Waals surface area contributed by atoms with Crippen LogP contribution in [0.2, 0.25) is 5.02 Å². The van der Waals surface area contributed by atoms with Gasteiger partial charge in [-0.3, -0.25) is 4.79 Å². The summed E-state index contributed by atoms with van der Waals surface area (Å²) in [6, 6.07) is 12.9. The van der Waals surface area contributed by atoms with Gasteiger partial charge in [0.1, 0.15) is 5.75 Å².